The van der Waals surface area contributed by atoms with Crippen LogP contribution in [0, 0.1) is 0 Å². The zero-order valence-electron chi connectivity index (χ0n) is 13.7. The Hall–Kier alpha value is -1.17. The summed E-state index contributed by atoms with van der Waals surface area (Å²) in [7, 11) is 0. The van der Waals surface area contributed by atoms with E-state index in [1.165, 1.54) is 11.3 Å². The number of aromatic nitrogens is 2. The van der Waals surface area contributed by atoms with Gasteiger partial charge in [-0.3, -0.25) is 5.43 Å². The summed E-state index contributed by atoms with van der Waals surface area (Å²) in [4.78, 5) is 0. The number of rotatable bonds is 6. The zero-order chi connectivity index (χ0) is 17.0. The zero-order valence-corrected chi connectivity index (χ0v) is 16.0. The Morgan fingerprint density at radius 3 is 2.43 bits per heavy atom. The van der Waals surface area contributed by atoms with Gasteiger partial charge in [0.05, 0.1) is 15.7 Å². The Morgan fingerprint density at radius 1 is 1.26 bits per heavy atom. The predicted octanol–water partition coefficient (Wildman–Crippen LogP) is 5.76. The molecule has 0 aliphatic carbocycles. The molecule has 0 aromatic carbocycles. The molecule has 0 saturated carbocycles. The van der Waals surface area contributed by atoms with Crippen LogP contribution in [0.4, 0.5) is 5.82 Å². The van der Waals surface area contributed by atoms with E-state index in [1.807, 2.05) is 19.1 Å². The molecule has 0 aliphatic rings. The third-order valence-electron chi connectivity index (χ3n) is 4.23. The van der Waals surface area contributed by atoms with Gasteiger partial charge in [0.15, 0.2) is 5.82 Å². The molecule has 7 heteroatoms. The lowest BCUT2D eigenvalue weighted by atomic mass is 9.81. The normalized spacial score (nSPS) is 12.5. The molecule has 0 amide bonds. The predicted molar refractivity (Wildman–Crippen MR) is 100 cm³/mol. The molecule has 2 aromatic rings. The molecule has 0 fully saturated rings. The second-order valence-corrected chi connectivity index (χ2v) is 7.90. The molecule has 0 unspecified atom stereocenters. The van der Waals surface area contributed by atoms with E-state index >= 15 is 0 Å². The first-order valence-corrected chi connectivity index (χ1v) is 9.06. The fourth-order valence-electron chi connectivity index (χ4n) is 2.11. The largest absolute Gasteiger partial charge is 0.260 e. The summed E-state index contributed by atoms with van der Waals surface area (Å²) in [5.74, 6) is 0.597. The van der Waals surface area contributed by atoms with Crippen molar-refractivity contribution < 1.29 is 0 Å². The van der Waals surface area contributed by atoms with Gasteiger partial charge in [-0.2, -0.15) is 10.2 Å². The third-order valence-corrected chi connectivity index (χ3v) is 5.72. The van der Waals surface area contributed by atoms with Crippen molar-refractivity contribution >= 4 is 46.1 Å². The van der Waals surface area contributed by atoms with E-state index in [9.17, 15) is 0 Å². The summed E-state index contributed by atoms with van der Waals surface area (Å²) >= 11 is 13.4. The minimum Gasteiger partial charge on any atom is -0.260 e. The molecule has 2 heterocycles. The van der Waals surface area contributed by atoms with Gasteiger partial charge in [-0.15, -0.1) is 16.4 Å². The molecule has 0 atom stereocenters. The van der Waals surface area contributed by atoms with Crippen molar-refractivity contribution in [2.24, 2.45) is 5.10 Å². The molecule has 2 aromatic heterocycles. The minimum absolute atomic E-state index is 0.0612. The standard InChI is InChI=1S/C16H20Cl2N4S/c1-5-16(4,6-2)12-7-8-14(22-20-12)21-19-10(3)11-9-13(17)23-15(11)18/h7-9H,5-6H2,1-4H3,(H,21,22). The lowest BCUT2D eigenvalue weighted by Gasteiger charge is -2.25. The molecular formula is C16H20Cl2N4S. The summed E-state index contributed by atoms with van der Waals surface area (Å²) in [6.07, 6.45) is 2.05. The summed E-state index contributed by atoms with van der Waals surface area (Å²) in [6.45, 7) is 8.40. The van der Waals surface area contributed by atoms with Gasteiger partial charge in [-0.25, -0.2) is 0 Å². The van der Waals surface area contributed by atoms with E-state index in [2.05, 4.69) is 41.5 Å². The van der Waals surface area contributed by atoms with Crippen molar-refractivity contribution in [2.75, 3.05) is 5.43 Å². The SMILES string of the molecule is CCC(C)(CC)c1ccc(NN=C(C)c2cc(Cl)sc2Cl)nn1. The Bertz CT molecular complexity index is 691. The number of halogens is 2. The smallest absolute Gasteiger partial charge is 0.168 e. The second-order valence-electron chi connectivity index (χ2n) is 5.62. The fraction of sp³-hybridized carbons (Fsp3) is 0.438. The van der Waals surface area contributed by atoms with E-state index in [-0.39, 0.29) is 5.41 Å². The Labute approximate surface area is 150 Å². The van der Waals surface area contributed by atoms with E-state index < -0.39 is 0 Å². The summed E-state index contributed by atoms with van der Waals surface area (Å²) in [5.41, 5.74) is 5.54. The maximum atomic E-state index is 6.12. The first-order chi connectivity index (χ1) is 10.9. The Kier molecular flexibility index (Phi) is 6.00. The number of nitrogens with one attached hydrogen (secondary N) is 1. The highest BCUT2D eigenvalue weighted by atomic mass is 35.5. The van der Waals surface area contributed by atoms with Crippen LogP contribution in [-0.2, 0) is 5.41 Å². The summed E-state index contributed by atoms with van der Waals surface area (Å²) in [6, 6.07) is 5.70. The summed E-state index contributed by atoms with van der Waals surface area (Å²) in [5, 5.41) is 12.8. The van der Waals surface area contributed by atoms with E-state index in [0.717, 1.165) is 29.8 Å². The van der Waals surface area contributed by atoms with Gasteiger partial charge >= 0.3 is 0 Å². The average molecular weight is 371 g/mol. The fourth-order valence-corrected chi connectivity index (χ4v) is 3.68. The highest BCUT2D eigenvalue weighted by Crippen LogP contribution is 2.32. The maximum absolute atomic E-state index is 6.12. The molecule has 0 bridgehead atoms. The number of nitrogens with zero attached hydrogens (tertiary/aromatic N) is 3. The van der Waals surface area contributed by atoms with Crippen LogP contribution < -0.4 is 5.43 Å². The first kappa shape index (κ1) is 18.2. The molecule has 0 spiro atoms. The lowest BCUT2D eigenvalue weighted by molar-refractivity contribution is 0.421. The van der Waals surface area contributed by atoms with Crippen LogP contribution in [0.1, 0.15) is 51.8 Å². The van der Waals surface area contributed by atoms with E-state index in [4.69, 9.17) is 23.2 Å². The molecular weight excluding hydrogens is 351 g/mol. The van der Waals surface area contributed by atoms with Crippen molar-refractivity contribution in [2.45, 2.75) is 46.0 Å². The Balaban J connectivity index is 2.12. The van der Waals surface area contributed by atoms with Crippen molar-refractivity contribution in [3.8, 4) is 0 Å². The van der Waals surface area contributed by atoms with Gasteiger partial charge in [0, 0.05) is 11.0 Å². The van der Waals surface area contributed by atoms with Gasteiger partial charge in [0.1, 0.15) is 4.34 Å². The maximum Gasteiger partial charge on any atom is 0.168 e. The number of thiophene rings is 1. The van der Waals surface area contributed by atoms with Crippen LogP contribution in [0.2, 0.25) is 8.67 Å². The second kappa shape index (κ2) is 7.60. The van der Waals surface area contributed by atoms with Gasteiger partial charge < -0.3 is 0 Å². The van der Waals surface area contributed by atoms with Crippen molar-refractivity contribution in [1.29, 1.82) is 0 Å². The van der Waals surface area contributed by atoms with Crippen LogP contribution in [-0.4, -0.2) is 15.9 Å². The number of hydrazone groups is 1. The molecule has 4 nitrogen and oxygen atoms in total. The van der Waals surface area contributed by atoms with Crippen LogP contribution in [0.25, 0.3) is 0 Å². The van der Waals surface area contributed by atoms with E-state index in [1.54, 1.807) is 6.07 Å². The van der Waals surface area contributed by atoms with Gasteiger partial charge in [-0.1, -0.05) is 44.0 Å². The number of hydrogen-bond donors (Lipinski definition) is 1. The van der Waals surface area contributed by atoms with Crippen molar-refractivity contribution in [3.05, 3.63) is 38.1 Å². The third kappa shape index (κ3) is 4.22. The van der Waals surface area contributed by atoms with Crippen LogP contribution >= 0.6 is 34.5 Å². The molecule has 1 N–H and O–H groups in total. The molecule has 0 radical (unpaired) electrons. The van der Waals surface area contributed by atoms with Gasteiger partial charge in [0.2, 0.25) is 0 Å². The topological polar surface area (TPSA) is 50.2 Å². The molecule has 0 aliphatic heterocycles. The van der Waals surface area contributed by atoms with Crippen LogP contribution in [0.15, 0.2) is 23.3 Å². The lowest BCUT2D eigenvalue weighted by Crippen LogP contribution is -2.21. The number of hydrogen-bond acceptors (Lipinski definition) is 5. The van der Waals surface area contributed by atoms with Crippen molar-refractivity contribution in [3.63, 3.8) is 0 Å². The molecule has 124 valence electrons. The molecule has 23 heavy (non-hydrogen) atoms. The summed E-state index contributed by atoms with van der Waals surface area (Å²) < 4.78 is 1.27. The monoisotopic (exact) mass is 370 g/mol. The number of anilines is 1. The van der Waals surface area contributed by atoms with E-state index in [0.29, 0.717) is 14.5 Å². The molecule has 2 rings (SSSR count). The van der Waals surface area contributed by atoms with Crippen LogP contribution in [0.3, 0.4) is 0 Å². The first-order valence-electron chi connectivity index (χ1n) is 7.49. The molecule has 0 saturated heterocycles. The van der Waals surface area contributed by atoms with Crippen LogP contribution in [0.5, 0.6) is 0 Å². The van der Waals surface area contributed by atoms with Gasteiger partial charge in [-0.05, 0) is 38.0 Å². The highest BCUT2D eigenvalue weighted by Gasteiger charge is 2.24. The van der Waals surface area contributed by atoms with Crippen molar-refractivity contribution in [1.82, 2.24) is 10.2 Å². The van der Waals surface area contributed by atoms with Gasteiger partial charge in [0.25, 0.3) is 0 Å². The average Bonchev–Trinajstić information content (AvgIpc) is 2.91. The highest BCUT2D eigenvalue weighted by molar-refractivity contribution is 7.20. The Morgan fingerprint density at radius 2 is 1.96 bits per heavy atom. The minimum atomic E-state index is 0.0612. The quantitative estimate of drug-likeness (QED) is 0.519.